The Labute approximate surface area is 59.2 Å². The van der Waals surface area contributed by atoms with Gasteiger partial charge >= 0.3 is 6.03 Å². The minimum atomic E-state index is -0.437. The molecule has 10 heavy (non-hydrogen) atoms. The first-order valence-corrected chi connectivity index (χ1v) is 2.83. The van der Waals surface area contributed by atoms with E-state index in [0.717, 1.165) is 11.2 Å². The van der Waals surface area contributed by atoms with Crippen molar-refractivity contribution in [3.63, 3.8) is 0 Å². The predicted octanol–water partition coefficient (Wildman–Crippen LogP) is 1.11. The van der Waals surface area contributed by atoms with E-state index in [9.17, 15) is 4.79 Å². The Hall–Kier alpha value is -1.39. The Balaban J connectivity index is 3.88. The Morgan fingerprint density at radius 1 is 2.00 bits per heavy atom. The molecule has 0 aliphatic carbocycles. The number of carbonyl (C=O) groups is 1. The molecule has 2 N–H and O–H groups in total. The van der Waals surface area contributed by atoms with E-state index in [2.05, 4.69) is 17.1 Å². The number of carbonyl (C=O) groups excluding carboxylic acids is 1. The molecule has 0 spiro atoms. The molecule has 0 bridgehead atoms. The van der Waals surface area contributed by atoms with E-state index < -0.39 is 6.03 Å². The van der Waals surface area contributed by atoms with Crippen LogP contribution < -0.4 is 5.32 Å². The van der Waals surface area contributed by atoms with Gasteiger partial charge in [-0.1, -0.05) is 11.8 Å². The average molecular weight is 142 g/mol. The van der Waals surface area contributed by atoms with Gasteiger partial charge in [0.15, 0.2) is 0 Å². The molecule has 0 aromatic rings. The molecule has 0 unspecified atom stereocenters. The molecule has 0 aromatic carbocycles. The van der Waals surface area contributed by atoms with Crippen molar-refractivity contribution in [2.45, 2.75) is 6.92 Å². The molecule has 0 rings (SSSR count). The highest BCUT2D eigenvalue weighted by molar-refractivity contribution is 5.74. The summed E-state index contributed by atoms with van der Waals surface area (Å²) in [6.45, 7) is 5.58. The second-order valence-corrected chi connectivity index (χ2v) is 1.46. The van der Waals surface area contributed by atoms with Gasteiger partial charge in [-0.15, -0.1) is 0 Å². The highest BCUT2D eigenvalue weighted by Gasteiger charge is 2.04. The summed E-state index contributed by atoms with van der Waals surface area (Å²) in [6, 6.07) is -0.437. The molecule has 0 aliphatic rings. The lowest BCUT2D eigenvalue weighted by atomic mass is 10.7. The second-order valence-electron chi connectivity index (χ2n) is 1.46. The molecule has 0 atom stereocenters. The van der Waals surface area contributed by atoms with E-state index in [4.69, 9.17) is 5.53 Å². The van der Waals surface area contributed by atoms with Crippen molar-refractivity contribution >= 4 is 6.03 Å². The summed E-state index contributed by atoms with van der Waals surface area (Å²) in [6.07, 6.45) is 1.16. The van der Waals surface area contributed by atoms with Crippen molar-refractivity contribution in [2.75, 3.05) is 6.54 Å². The summed E-state index contributed by atoms with van der Waals surface area (Å²) in [5.74, 6) is 0. The molecule has 0 aliphatic heterocycles. The maximum Gasteiger partial charge on any atom is 0.343 e. The van der Waals surface area contributed by atoms with Gasteiger partial charge < -0.3 is 5.32 Å². The fourth-order valence-corrected chi connectivity index (χ4v) is 0.401. The monoisotopic (exact) mass is 142 g/mol. The fraction of sp³-hybridized carbons (Fsp3) is 0.400. The molecule has 2 amide bonds. The minimum absolute atomic E-state index is 0.437. The number of hydrogen-bond acceptors (Lipinski definition) is 3. The molecule has 0 radical (unpaired) electrons. The van der Waals surface area contributed by atoms with Crippen LogP contribution in [0.15, 0.2) is 18.0 Å². The molecule has 0 heterocycles. The smallest absolute Gasteiger partial charge is 0.336 e. The van der Waals surface area contributed by atoms with Crippen molar-refractivity contribution in [1.82, 2.24) is 10.3 Å². The molecule has 5 nitrogen and oxygen atoms in total. The Morgan fingerprint density at radius 2 is 2.60 bits per heavy atom. The molecule has 0 aromatic heterocycles. The number of urea groups is 1. The number of rotatable bonds is 3. The summed E-state index contributed by atoms with van der Waals surface area (Å²) in [5.41, 5.74) is 6.49. The van der Waals surface area contributed by atoms with Crippen LogP contribution >= 0.6 is 0 Å². The summed E-state index contributed by atoms with van der Waals surface area (Å²) >= 11 is 0. The maximum atomic E-state index is 10.7. The van der Waals surface area contributed by atoms with Crippen molar-refractivity contribution in [2.24, 2.45) is 5.22 Å². The van der Waals surface area contributed by atoms with Crippen LogP contribution in [0.4, 0.5) is 4.79 Å². The van der Waals surface area contributed by atoms with Gasteiger partial charge in [-0.25, -0.2) is 4.79 Å². The zero-order valence-electron chi connectivity index (χ0n) is 5.79. The van der Waals surface area contributed by atoms with Gasteiger partial charge in [0.2, 0.25) is 0 Å². The average Bonchev–Trinajstić information content (AvgIpc) is 1.91. The van der Waals surface area contributed by atoms with E-state index in [-0.39, 0.29) is 0 Å². The number of hydrogen-bond donors (Lipinski definition) is 2. The topological polar surface area (TPSA) is 68.5 Å². The Morgan fingerprint density at radius 3 is 2.90 bits per heavy atom. The Bertz CT molecular complexity index is 137. The standard InChI is InChI=1S/C5H10N4O/c1-3-7-5(10)9(4-2)8-6/h4,6H,2-3H2,1H3,(H,7,10). The zero-order chi connectivity index (χ0) is 7.98. The van der Waals surface area contributed by atoms with Crippen LogP contribution in [0, 0.1) is 5.53 Å². The number of nitrogens with one attached hydrogen (secondary N) is 2. The van der Waals surface area contributed by atoms with Crippen LogP contribution in [0.1, 0.15) is 6.92 Å². The Kier molecular flexibility index (Phi) is 3.86. The zero-order valence-corrected chi connectivity index (χ0v) is 5.79. The van der Waals surface area contributed by atoms with Gasteiger partial charge in [-0.2, -0.15) is 10.5 Å². The normalized spacial score (nSPS) is 8.10. The summed E-state index contributed by atoms with van der Waals surface area (Å²) in [5, 5.41) is 6.14. The summed E-state index contributed by atoms with van der Waals surface area (Å²) in [7, 11) is 0. The highest BCUT2D eigenvalue weighted by atomic mass is 16.2. The van der Waals surface area contributed by atoms with Gasteiger partial charge in [0, 0.05) is 12.7 Å². The third-order valence-corrected chi connectivity index (χ3v) is 0.817. The number of nitrogens with zero attached hydrogens (tertiary/aromatic N) is 2. The lowest BCUT2D eigenvalue weighted by Crippen LogP contribution is -2.32. The van der Waals surface area contributed by atoms with Crippen molar-refractivity contribution in [1.29, 1.82) is 5.53 Å². The molecular weight excluding hydrogens is 132 g/mol. The fourth-order valence-electron chi connectivity index (χ4n) is 0.401. The largest absolute Gasteiger partial charge is 0.343 e. The van der Waals surface area contributed by atoms with Gasteiger partial charge in [0.25, 0.3) is 0 Å². The summed E-state index contributed by atoms with van der Waals surface area (Å²) in [4.78, 5) is 10.7. The highest BCUT2D eigenvalue weighted by Crippen LogP contribution is 1.88. The lowest BCUT2D eigenvalue weighted by molar-refractivity contribution is 0.213. The van der Waals surface area contributed by atoms with Gasteiger partial charge in [-0.3, -0.25) is 0 Å². The third-order valence-electron chi connectivity index (χ3n) is 0.817. The minimum Gasteiger partial charge on any atom is -0.336 e. The van der Waals surface area contributed by atoms with E-state index in [1.165, 1.54) is 0 Å². The first-order valence-electron chi connectivity index (χ1n) is 2.83. The first-order chi connectivity index (χ1) is 4.76. The SMILES string of the molecule is C=CN(N=N)C(=O)NCC. The van der Waals surface area contributed by atoms with Crippen LogP contribution in [0.3, 0.4) is 0 Å². The van der Waals surface area contributed by atoms with Crippen LogP contribution in [-0.2, 0) is 0 Å². The molecule has 56 valence electrons. The van der Waals surface area contributed by atoms with Gasteiger partial charge in [-0.05, 0) is 6.92 Å². The number of amides is 2. The predicted molar refractivity (Wildman–Crippen MR) is 36.3 cm³/mol. The molecule has 0 saturated carbocycles. The quantitative estimate of drug-likeness (QED) is 0.449. The van der Waals surface area contributed by atoms with Crippen molar-refractivity contribution < 1.29 is 4.79 Å². The van der Waals surface area contributed by atoms with Crippen LogP contribution in [0.2, 0.25) is 0 Å². The van der Waals surface area contributed by atoms with Crippen molar-refractivity contribution in [3.05, 3.63) is 12.8 Å². The van der Waals surface area contributed by atoms with Crippen LogP contribution in [0.5, 0.6) is 0 Å². The van der Waals surface area contributed by atoms with Gasteiger partial charge in [0.1, 0.15) is 0 Å². The molecule has 0 saturated heterocycles. The van der Waals surface area contributed by atoms with Crippen molar-refractivity contribution in [3.8, 4) is 0 Å². The molecular formula is C5H10N4O. The maximum absolute atomic E-state index is 10.7. The summed E-state index contributed by atoms with van der Waals surface area (Å²) < 4.78 is 0. The van der Waals surface area contributed by atoms with E-state index >= 15 is 0 Å². The van der Waals surface area contributed by atoms with Crippen LogP contribution in [-0.4, -0.2) is 17.6 Å². The first kappa shape index (κ1) is 8.61. The van der Waals surface area contributed by atoms with E-state index in [1.807, 2.05) is 0 Å². The molecule has 0 fully saturated rings. The lowest BCUT2D eigenvalue weighted by Gasteiger charge is -2.08. The van der Waals surface area contributed by atoms with E-state index in [0.29, 0.717) is 6.54 Å². The van der Waals surface area contributed by atoms with Crippen LogP contribution in [0.25, 0.3) is 0 Å². The van der Waals surface area contributed by atoms with Gasteiger partial charge in [0.05, 0.1) is 0 Å². The van der Waals surface area contributed by atoms with E-state index in [1.54, 1.807) is 6.92 Å². The third kappa shape index (κ3) is 2.25. The second kappa shape index (κ2) is 4.49. The molecule has 5 heteroatoms.